The minimum absolute atomic E-state index is 0.0327. The zero-order chi connectivity index (χ0) is 19.3. The van der Waals surface area contributed by atoms with Gasteiger partial charge in [-0.15, -0.1) is 0 Å². The van der Waals surface area contributed by atoms with Crippen LogP contribution in [0.25, 0.3) is 0 Å². The SMILES string of the molecule is COc1ccc(S(=O)(=O)N[C@@H](C)C(=O)Nc2ccccc2F)cc1OC. The molecular weight excluding hydrogens is 363 g/mol. The van der Waals surface area contributed by atoms with Gasteiger partial charge in [-0.3, -0.25) is 4.79 Å². The van der Waals surface area contributed by atoms with E-state index in [1.165, 1.54) is 57.5 Å². The Kier molecular flexibility index (Phi) is 6.17. The molecule has 0 heterocycles. The number of halogens is 1. The molecule has 0 aliphatic heterocycles. The number of nitrogens with one attached hydrogen (secondary N) is 2. The molecular formula is C17H19FN2O5S. The van der Waals surface area contributed by atoms with Crippen LogP contribution in [-0.4, -0.2) is 34.6 Å². The highest BCUT2D eigenvalue weighted by Crippen LogP contribution is 2.29. The number of methoxy groups -OCH3 is 2. The first kappa shape index (κ1) is 19.7. The molecule has 1 atom stereocenters. The number of para-hydroxylation sites is 1. The Labute approximate surface area is 151 Å². The van der Waals surface area contributed by atoms with Gasteiger partial charge in [0.05, 0.1) is 30.8 Å². The van der Waals surface area contributed by atoms with Crippen molar-refractivity contribution in [2.75, 3.05) is 19.5 Å². The number of ether oxygens (including phenoxy) is 2. The first-order valence-electron chi connectivity index (χ1n) is 7.58. The maximum atomic E-state index is 13.6. The molecule has 2 N–H and O–H groups in total. The molecule has 0 unspecified atom stereocenters. The highest BCUT2D eigenvalue weighted by Gasteiger charge is 2.23. The van der Waals surface area contributed by atoms with Crippen molar-refractivity contribution in [3.63, 3.8) is 0 Å². The Morgan fingerprint density at radius 3 is 2.35 bits per heavy atom. The summed E-state index contributed by atoms with van der Waals surface area (Å²) in [5.74, 6) is -0.703. The van der Waals surface area contributed by atoms with E-state index in [2.05, 4.69) is 10.0 Å². The van der Waals surface area contributed by atoms with Gasteiger partial charge in [-0.2, -0.15) is 4.72 Å². The number of anilines is 1. The quantitative estimate of drug-likeness (QED) is 0.765. The minimum atomic E-state index is -4.00. The summed E-state index contributed by atoms with van der Waals surface area (Å²) in [7, 11) is -1.19. The van der Waals surface area contributed by atoms with Gasteiger partial charge < -0.3 is 14.8 Å². The zero-order valence-electron chi connectivity index (χ0n) is 14.4. The fourth-order valence-electron chi connectivity index (χ4n) is 2.14. The molecule has 26 heavy (non-hydrogen) atoms. The number of hydrogen-bond donors (Lipinski definition) is 2. The molecule has 0 saturated heterocycles. The Bertz CT molecular complexity index is 902. The van der Waals surface area contributed by atoms with Gasteiger partial charge in [0, 0.05) is 6.07 Å². The number of sulfonamides is 1. The van der Waals surface area contributed by atoms with Crippen LogP contribution in [0.3, 0.4) is 0 Å². The van der Waals surface area contributed by atoms with Crippen LogP contribution in [-0.2, 0) is 14.8 Å². The van der Waals surface area contributed by atoms with Crippen LogP contribution >= 0.6 is 0 Å². The number of amides is 1. The van der Waals surface area contributed by atoms with E-state index in [0.29, 0.717) is 5.75 Å². The number of hydrogen-bond acceptors (Lipinski definition) is 5. The Hall–Kier alpha value is -2.65. The van der Waals surface area contributed by atoms with Gasteiger partial charge in [0.1, 0.15) is 5.82 Å². The van der Waals surface area contributed by atoms with Crippen LogP contribution in [0, 0.1) is 5.82 Å². The molecule has 2 aromatic rings. The predicted molar refractivity (Wildman–Crippen MR) is 94.4 cm³/mol. The van der Waals surface area contributed by atoms with Crippen molar-refractivity contribution in [2.45, 2.75) is 17.9 Å². The molecule has 0 radical (unpaired) electrons. The molecule has 2 rings (SSSR count). The van der Waals surface area contributed by atoms with Crippen LogP contribution in [0.5, 0.6) is 11.5 Å². The second-order valence-corrected chi connectivity index (χ2v) is 7.04. The van der Waals surface area contributed by atoms with Gasteiger partial charge in [0.15, 0.2) is 11.5 Å². The molecule has 0 fully saturated rings. The first-order valence-corrected chi connectivity index (χ1v) is 9.06. The van der Waals surface area contributed by atoms with E-state index in [1.807, 2.05) is 0 Å². The monoisotopic (exact) mass is 382 g/mol. The summed E-state index contributed by atoms with van der Waals surface area (Å²) in [6, 6.07) is 8.51. The van der Waals surface area contributed by atoms with Crippen molar-refractivity contribution >= 4 is 21.6 Å². The van der Waals surface area contributed by atoms with Crippen molar-refractivity contribution in [2.24, 2.45) is 0 Å². The van der Waals surface area contributed by atoms with Gasteiger partial charge in [-0.1, -0.05) is 12.1 Å². The fraction of sp³-hybridized carbons (Fsp3) is 0.235. The lowest BCUT2D eigenvalue weighted by Crippen LogP contribution is -2.41. The second-order valence-electron chi connectivity index (χ2n) is 5.33. The molecule has 140 valence electrons. The maximum absolute atomic E-state index is 13.6. The zero-order valence-corrected chi connectivity index (χ0v) is 15.3. The molecule has 0 aliphatic carbocycles. The number of carbonyl (C=O) groups is 1. The summed E-state index contributed by atoms with van der Waals surface area (Å²) in [5, 5.41) is 2.34. The molecule has 2 aromatic carbocycles. The average molecular weight is 382 g/mol. The summed E-state index contributed by atoms with van der Waals surface area (Å²) >= 11 is 0. The summed E-state index contributed by atoms with van der Waals surface area (Å²) in [4.78, 5) is 12.1. The van der Waals surface area contributed by atoms with Crippen LogP contribution < -0.4 is 19.5 Å². The smallest absolute Gasteiger partial charge is 0.242 e. The second kappa shape index (κ2) is 8.15. The van der Waals surface area contributed by atoms with E-state index in [0.717, 1.165) is 0 Å². The average Bonchev–Trinajstić information content (AvgIpc) is 2.62. The highest BCUT2D eigenvalue weighted by molar-refractivity contribution is 7.89. The van der Waals surface area contributed by atoms with E-state index < -0.39 is 27.8 Å². The number of benzene rings is 2. The Morgan fingerprint density at radius 1 is 1.08 bits per heavy atom. The van der Waals surface area contributed by atoms with Gasteiger partial charge >= 0.3 is 0 Å². The predicted octanol–water partition coefficient (Wildman–Crippen LogP) is 2.15. The van der Waals surface area contributed by atoms with Gasteiger partial charge in [0.2, 0.25) is 15.9 Å². The lowest BCUT2D eigenvalue weighted by molar-refractivity contribution is -0.117. The fourth-order valence-corrected chi connectivity index (χ4v) is 3.36. The Morgan fingerprint density at radius 2 is 1.73 bits per heavy atom. The van der Waals surface area contributed by atoms with Gasteiger partial charge in [-0.05, 0) is 31.2 Å². The van der Waals surface area contributed by atoms with Crippen molar-refractivity contribution in [3.05, 3.63) is 48.3 Å². The summed E-state index contributed by atoms with van der Waals surface area (Å²) in [5.41, 5.74) is -0.0327. The van der Waals surface area contributed by atoms with Gasteiger partial charge in [-0.25, -0.2) is 12.8 Å². The lowest BCUT2D eigenvalue weighted by Gasteiger charge is -2.16. The molecule has 0 spiro atoms. The first-order chi connectivity index (χ1) is 12.3. The van der Waals surface area contributed by atoms with Crippen molar-refractivity contribution in [3.8, 4) is 11.5 Å². The van der Waals surface area contributed by atoms with E-state index >= 15 is 0 Å². The van der Waals surface area contributed by atoms with Crippen LogP contribution in [0.1, 0.15) is 6.92 Å². The number of rotatable bonds is 7. The number of carbonyl (C=O) groups excluding carboxylic acids is 1. The summed E-state index contributed by atoms with van der Waals surface area (Å²) in [6.45, 7) is 1.36. The largest absolute Gasteiger partial charge is 0.493 e. The van der Waals surface area contributed by atoms with Crippen molar-refractivity contribution in [1.29, 1.82) is 0 Å². The lowest BCUT2D eigenvalue weighted by atomic mass is 10.2. The molecule has 0 saturated carbocycles. The minimum Gasteiger partial charge on any atom is -0.493 e. The van der Waals surface area contributed by atoms with Gasteiger partial charge in [0.25, 0.3) is 0 Å². The van der Waals surface area contributed by atoms with Crippen molar-refractivity contribution in [1.82, 2.24) is 4.72 Å². The third kappa shape index (κ3) is 4.50. The molecule has 0 aromatic heterocycles. The standard InChI is InChI=1S/C17H19FN2O5S/c1-11(17(21)19-14-7-5-4-6-13(14)18)20-26(22,23)12-8-9-15(24-2)16(10-12)25-3/h4-11,20H,1-3H3,(H,19,21)/t11-/m0/s1. The maximum Gasteiger partial charge on any atom is 0.242 e. The highest BCUT2D eigenvalue weighted by atomic mass is 32.2. The third-order valence-corrected chi connectivity index (χ3v) is 5.06. The molecule has 0 bridgehead atoms. The molecule has 1 amide bonds. The molecule has 9 heteroatoms. The van der Waals surface area contributed by atoms with Crippen LogP contribution in [0.15, 0.2) is 47.4 Å². The Balaban J connectivity index is 2.15. The van der Waals surface area contributed by atoms with E-state index in [4.69, 9.17) is 9.47 Å². The third-order valence-electron chi connectivity index (χ3n) is 3.52. The molecule has 7 nitrogen and oxygen atoms in total. The topological polar surface area (TPSA) is 93.7 Å². The van der Waals surface area contributed by atoms with E-state index in [1.54, 1.807) is 6.07 Å². The summed E-state index contributed by atoms with van der Waals surface area (Å²) < 4.78 is 50.9. The summed E-state index contributed by atoms with van der Waals surface area (Å²) in [6.07, 6.45) is 0. The molecule has 0 aliphatic rings. The van der Waals surface area contributed by atoms with Crippen LogP contribution in [0.4, 0.5) is 10.1 Å². The van der Waals surface area contributed by atoms with Crippen LogP contribution in [0.2, 0.25) is 0 Å². The van der Waals surface area contributed by atoms with E-state index in [-0.39, 0.29) is 16.3 Å². The normalized spacial score (nSPS) is 12.3. The van der Waals surface area contributed by atoms with Crippen molar-refractivity contribution < 1.29 is 27.1 Å². The van der Waals surface area contributed by atoms with E-state index in [9.17, 15) is 17.6 Å².